The Labute approximate surface area is 124 Å². The van der Waals surface area contributed by atoms with E-state index in [1.165, 1.54) is 20.9 Å². The first-order valence-electron chi connectivity index (χ1n) is 6.56. The summed E-state index contributed by atoms with van der Waals surface area (Å²) >= 11 is 1.83. The molecule has 3 nitrogen and oxygen atoms in total. The van der Waals surface area contributed by atoms with E-state index in [1.807, 2.05) is 30.5 Å². The van der Waals surface area contributed by atoms with Crippen LogP contribution in [0.5, 0.6) is 11.5 Å². The molecule has 1 atom stereocenters. The van der Waals surface area contributed by atoms with Gasteiger partial charge >= 0.3 is 0 Å². The number of hydrogen-bond acceptors (Lipinski definition) is 4. The summed E-state index contributed by atoms with van der Waals surface area (Å²) in [5, 5.41) is 3.38. The van der Waals surface area contributed by atoms with E-state index < -0.39 is 0 Å². The number of aryl methyl sites for hydroxylation is 2. The molecule has 0 aliphatic heterocycles. The zero-order valence-corrected chi connectivity index (χ0v) is 13.4. The topological polar surface area (TPSA) is 30.5 Å². The molecule has 0 aliphatic carbocycles. The van der Waals surface area contributed by atoms with E-state index in [0.717, 1.165) is 11.5 Å². The standard InChI is InChI=1S/C16H21NO2S/c1-10-8-15(20-11(10)2)16(17-3)12-6-7-13(18-4)14(9-12)19-5/h6-9,16-17H,1-5H3. The minimum atomic E-state index is 0.173. The maximum atomic E-state index is 5.39. The van der Waals surface area contributed by atoms with Crippen molar-refractivity contribution in [1.29, 1.82) is 0 Å². The molecule has 1 N–H and O–H groups in total. The highest BCUT2D eigenvalue weighted by Gasteiger charge is 2.17. The molecule has 1 unspecified atom stereocenters. The monoisotopic (exact) mass is 291 g/mol. The van der Waals surface area contributed by atoms with Crippen LogP contribution in [0.15, 0.2) is 24.3 Å². The largest absolute Gasteiger partial charge is 0.493 e. The first-order valence-corrected chi connectivity index (χ1v) is 7.38. The predicted octanol–water partition coefficient (Wildman–Crippen LogP) is 3.69. The fourth-order valence-electron chi connectivity index (χ4n) is 2.25. The quantitative estimate of drug-likeness (QED) is 0.911. The van der Waals surface area contributed by atoms with Crippen LogP contribution >= 0.6 is 11.3 Å². The molecule has 0 saturated heterocycles. The second-order valence-electron chi connectivity index (χ2n) is 4.72. The fraction of sp³-hybridized carbons (Fsp3) is 0.375. The summed E-state index contributed by atoms with van der Waals surface area (Å²) in [4.78, 5) is 2.68. The highest BCUT2D eigenvalue weighted by Crippen LogP contribution is 2.35. The number of hydrogen-bond donors (Lipinski definition) is 1. The van der Waals surface area contributed by atoms with Gasteiger partial charge in [0.15, 0.2) is 11.5 Å². The Bertz CT molecular complexity index is 573. The minimum Gasteiger partial charge on any atom is -0.493 e. The molecule has 0 fully saturated rings. The summed E-state index contributed by atoms with van der Waals surface area (Å²) in [6.07, 6.45) is 0. The summed E-state index contributed by atoms with van der Waals surface area (Å²) in [7, 11) is 5.29. The Morgan fingerprint density at radius 3 is 2.25 bits per heavy atom. The van der Waals surface area contributed by atoms with E-state index >= 15 is 0 Å². The Kier molecular flexibility index (Phi) is 4.68. The van der Waals surface area contributed by atoms with Gasteiger partial charge in [-0.15, -0.1) is 11.3 Å². The van der Waals surface area contributed by atoms with Crippen LogP contribution in [0.25, 0.3) is 0 Å². The maximum Gasteiger partial charge on any atom is 0.161 e. The third-order valence-electron chi connectivity index (χ3n) is 3.50. The first-order chi connectivity index (χ1) is 9.60. The van der Waals surface area contributed by atoms with E-state index in [9.17, 15) is 0 Å². The molecule has 0 aliphatic rings. The second-order valence-corrected chi connectivity index (χ2v) is 6.01. The lowest BCUT2D eigenvalue weighted by Crippen LogP contribution is -2.16. The van der Waals surface area contributed by atoms with Crippen molar-refractivity contribution in [1.82, 2.24) is 5.32 Å². The van der Waals surface area contributed by atoms with Crippen LogP contribution < -0.4 is 14.8 Å². The Balaban J connectivity index is 2.41. The minimum absolute atomic E-state index is 0.173. The molecule has 2 aromatic rings. The van der Waals surface area contributed by atoms with Crippen LogP contribution in [-0.4, -0.2) is 21.3 Å². The molecule has 0 bridgehead atoms. The van der Waals surface area contributed by atoms with Crippen molar-refractivity contribution in [3.8, 4) is 11.5 Å². The highest BCUT2D eigenvalue weighted by molar-refractivity contribution is 7.12. The van der Waals surface area contributed by atoms with Crippen molar-refractivity contribution < 1.29 is 9.47 Å². The van der Waals surface area contributed by atoms with Gasteiger partial charge in [-0.3, -0.25) is 0 Å². The van der Waals surface area contributed by atoms with E-state index in [1.54, 1.807) is 14.2 Å². The van der Waals surface area contributed by atoms with Crippen molar-refractivity contribution in [2.75, 3.05) is 21.3 Å². The van der Waals surface area contributed by atoms with Gasteiger partial charge < -0.3 is 14.8 Å². The number of rotatable bonds is 5. The van der Waals surface area contributed by atoms with Crippen LogP contribution in [0.3, 0.4) is 0 Å². The van der Waals surface area contributed by atoms with Crippen LogP contribution in [0.2, 0.25) is 0 Å². The lowest BCUT2D eigenvalue weighted by molar-refractivity contribution is 0.354. The number of methoxy groups -OCH3 is 2. The van der Waals surface area contributed by atoms with Gasteiger partial charge in [-0.25, -0.2) is 0 Å². The molecular weight excluding hydrogens is 270 g/mol. The van der Waals surface area contributed by atoms with Gasteiger partial charge in [-0.1, -0.05) is 6.07 Å². The molecule has 4 heteroatoms. The average Bonchev–Trinajstić information content (AvgIpc) is 2.79. The SMILES string of the molecule is CNC(c1ccc(OC)c(OC)c1)c1cc(C)c(C)s1. The van der Waals surface area contributed by atoms with Crippen LogP contribution in [0, 0.1) is 13.8 Å². The summed E-state index contributed by atoms with van der Waals surface area (Å²) in [5.74, 6) is 1.51. The summed E-state index contributed by atoms with van der Waals surface area (Å²) in [6, 6.07) is 8.48. The lowest BCUT2D eigenvalue weighted by Gasteiger charge is -2.17. The van der Waals surface area contributed by atoms with Crippen LogP contribution in [0.4, 0.5) is 0 Å². The van der Waals surface area contributed by atoms with Gasteiger partial charge in [0, 0.05) is 9.75 Å². The zero-order valence-electron chi connectivity index (χ0n) is 12.6. The second kappa shape index (κ2) is 6.29. The maximum absolute atomic E-state index is 5.39. The fourth-order valence-corrected chi connectivity index (χ4v) is 3.43. The van der Waals surface area contributed by atoms with Crippen molar-refractivity contribution in [2.24, 2.45) is 0 Å². The molecule has 2 rings (SSSR count). The molecule has 0 saturated carbocycles. The molecule has 1 aromatic carbocycles. The Morgan fingerprint density at radius 1 is 1.05 bits per heavy atom. The van der Waals surface area contributed by atoms with Gasteiger partial charge in [0.05, 0.1) is 20.3 Å². The summed E-state index contributed by atoms with van der Waals surface area (Å²) in [5.41, 5.74) is 2.51. The first kappa shape index (κ1) is 14.9. The third-order valence-corrected chi connectivity index (χ3v) is 4.72. The van der Waals surface area contributed by atoms with Crippen molar-refractivity contribution in [3.63, 3.8) is 0 Å². The molecule has 0 spiro atoms. The molecule has 1 aromatic heterocycles. The zero-order chi connectivity index (χ0) is 14.7. The van der Waals surface area contributed by atoms with Crippen LogP contribution in [-0.2, 0) is 0 Å². The average molecular weight is 291 g/mol. The molecule has 108 valence electrons. The molecule has 0 radical (unpaired) electrons. The summed E-state index contributed by atoms with van der Waals surface area (Å²) < 4.78 is 10.7. The van der Waals surface area contributed by atoms with E-state index in [0.29, 0.717) is 0 Å². The van der Waals surface area contributed by atoms with Gasteiger partial charge in [-0.05, 0) is 50.2 Å². The van der Waals surface area contributed by atoms with Gasteiger partial charge in [0.25, 0.3) is 0 Å². The molecular formula is C16H21NO2S. The van der Waals surface area contributed by atoms with E-state index in [2.05, 4.69) is 31.3 Å². The van der Waals surface area contributed by atoms with Crippen molar-refractivity contribution in [3.05, 3.63) is 45.1 Å². The number of nitrogens with one attached hydrogen (secondary N) is 1. The highest BCUT2D eigenvalue weighted by atomic mass is 32.1. The van der Waals surface area contributed by atoms with Gasteiger partial charge in [0.1, 0.15) is 0 Å². The number of benzene rings is 1. The summed E-state index contributed by atoms with van der Waals surface area (Å²) in [6.45, 7) is 4.31. The smallest absolute Gasteiger partial charge is 0.161 e. The molecule has 0 amide bonds. The van der Waals surface area contributed by atoms with Crippen molar-refractivity contribution in [2.45, 2.75) is 19.9 Å². The molecule has 20 heavy (non-hydrogen) atoms. The van der Waals surface area contributed by atoms with E-state index in [-0.39, 0.29) is 6.04 Å². The predicted molar refractivity (Wildman–Crippen MR) is 84.2 cm³/mol. The lowest BCUT2D eigenvalue weighted by atomic mass is 10.0. The third kappa shape index (κ3) is 2.81. The normalized spacial score (nSPS) is 12.2. The van der Waals surface area contributed by atoms with E-state index in [4.69, 9.17) is 9.47 Å². The van der Waals surface area contributed by atoms with Crippen molar-refractivity contribution >= 4 is 11.3 Å². The number of ether oxygens (including phenoxy) is 2. The number of thiophene rings is 1. The molecule has 1 heterocycles. The van der Waals surface area contributed by atoms with Crippen LogP contribution in [0.1, 0.15) is 26.9 Å². The van der Waals surface area contributed by atoms with Gasteiger partial charge in [0.2, 0.25) is 0 Å². The Morgan fingerprint density at radius 2 is 1.75 bits per heavy atom. The van der Waals surface area contributed by atoms with Gasteiger partial charge in [-0.2, -0.15) is 0 Å². The Hall–Kier alpha value is -1.52.